The Labute approximate surface area is 103 Å². The molecule has 0 bridgehead atoms. The van der Waals surface area contributed by atoms with Gasteiger partial charge in [-0.3, -0.25) is 4.79 Å². The lowest BCUT2D eigenvalue weighted by molar-refractivity contribution is 0.0951. The molecule has 0 spiro atoms. The molecule has 0 aliphatic rings. The summed E-state index contributed by atoms with van der Waals surface area (Å²) in [7, 11) is 0. The summed E-state index contributed by atoms with van der Waals surface area (Å²) in [5.41, 5.74) is 7.58. The number of anilines is 1. The predicted molar refractivity (Wildman–Crippen MR) is 68.9 cm³/mol. The van der Waals surface area contributed by atoms with Crippen LogP contribution >= 0.6 is 11.3 Å². The highest BCUT2D eigenvalue weighted by molar-refractivity contribution is 7.09. The van der Waals surface area contributed by atoms with Crippen LogP contribution in [0.3, 0.4) is 0 Å². The quantitative estimate of drug-likeness (QED) is 0.815. The smallest absolute Gasteiger partial charge is 0.253 e. The van der Waals surface area contributed by atoms with E-state index in [4.69, 9.17) is 5.73 Å². The van der Waals surface area contributed by atoms with Crippen LogP contribution in [0.5, 0.6) is 0 Å². The second kappa shape index (κ2) is 4.97. The van der Waals surface area contributed by atoms with Crippen LogP contribution in [0.15, 0.2) is 29.6 Å². The number of aromatic nitrogens is 1. The normalized spacial score (nSPS) is 10.2. The number of hydrogen-bond acceptors (Lipinski definition) is 4. The van der Waals surface area contributed by atoms with Gasteiger partial charge in [0.1, 0.15) is 0 Å². The minimum Gasteiger partial charge on any atom is -0.398 e. The minimum atomic E-state index is -0.172. The zero-order valence-corrected chi connectivity index (χ0v) is 10.3. The van der Waals surface area contributed by atoms with E-state index in [9.17, 15) is 4.79 Å². The minimum absolute atomic E-state index is 0.172. The summed E-state index contributed by atoms with van der Waals surface area (Å²) in [5.74, 6) is -0.172. The van der Waals surface area contributed by atoms with Gasteiger partial charge in [-0.1, -0.05) is 12.1 Å². The highest BCUT2D eigenvalue weighted by Gasteiger charge is 2.08. The van der Waals surface area contributed by atoms with Crippen molar-refractivity contribution in [1.82, 2.24) is 10.3 Å². The number of aryl methyl sites for hydroxylation is 1. The molecule has 0 saturated heterocycles. The van der Waals surface area contributed by atoms with Crippen molar-refractivity contribution in [2.75, 3.05) is 5.73 Å². The molecule has 1 aromatic heterocycles. The van der Waals surface area contributed by atoms with Crippen molar-refractivity contribution in [2.24, 2.45) is 0 Å². The molecule has 0 saturated carbocycles. The maximum atomic E-state index is 11.8. The van der Waals surface area contributed by atoms with Gasteiger partial charge in [-0.05, 0) is 19.1 Å². The number of amides is 1. The zero-order valence-electron chi connectivity index (χ0n) is 9.43. The van der Waals surface area contributed by atoms with Crippen molar-refractivity contribution < 1.29 is 4.79 Å². The Bertz CT molecular complexity index is 536. The van der Waals surface area contributed by atoms with E-state index in [-0.39, 0.29) is 5.91 Å². The average Bonchev–Trinajstić information content (AvgIpc) is 2.73. The Morgan fingerprint density at radius 1 is 1.47 bits per heavy atom. The summed E-state index contributed by atoms with van der Waals surface area (Å²) in [6, 6.07) is 7.01. The Morgan fingerprint density at radius 2 is 2.24 bits per heavy atom. The van der Waals surface area contributed by atoms with Gasteiger partial charge in [-0.2, -0.15) is 0 Å². The molecule has 2 aromatic rings. The predicted octanol–water partition coefficient (Wildman–Crippen LogP) is 1.96. The van der Waals surface area contributed by atoms with E-state index < -0.39 is 0 Å². The fraction of sp³-hybridized carbons (Fsp3) is 0.167. The number of nitrogens with one attached hydrogen (secondary N) is 1. The van der Waals surface area contributed by atoms with Crippen LogP contribution in [0.2, 0.25) is 0 Å². The lowest BCUT2D eigenvalue weighted by Crippen LogP contribution is -2.23. The second-order valence-electron chi connectivity index (χ2n) is 3.63. The number of carbonyl (C=O) groups is 1. The van der Waals surface area contributed by atoms with E-state index in [1.54, 1.807) is 35.6 Å². The first-order valence-corrected chi connectivity index (χ1v) is 6.08. The molecule has 0 unspecified atom stereocenters. The third kappa shape index (κ3) is 2.82. The Hall–Kier alpha value is -1.88. The number of benzene rings is 1. The van der Waals surface area contributed by atoms with Gasteiger partial charge < -0.3 is 11.1 Å². The Kier molecular flexibility index (Phi) is 3.39. The number of para-hydroxylation sites is 1. The van der Waals surface area contributed by atoms with Gasteiger partial charge in [0, 0.05) is 11.1 Å². The SMILES string of the molecule is Cc1nc(CNC(=O)c2ccccc2N)cs1. The monoisotopic (exact) mass is 247 g/mol. The summed E-state index contributed by atoms with van der Waals surface area (Å²) in [6.45, 7) is 2.36. The molecule has 3 N–H and O–H groups in total. The van der Waals surface area contributed by atoms with Crippen LogP contribution in [-0.4, -0.2) is 10.9 Å². The van der Waals surface area contributed by atoms with Crippen molar-refractivity contribution in [2.45, 2.75) is 13.5 Å². The number of thiazole rings is 1. The van der Waals surface area contributed by atoms with Crippen molar-refractivity contribution in [3.63, 3.8) is 0 Å². The first kappa shape index (κ1) is 11.6. The first-order chi connectivity index (χ1) is 8.16. The summed E-state index contributed by atoms with van der Waals surface area (Å²) in [6.07, 6.45) is 0. The number of carbonyl (C=O) groups excluding carboxylic acids is 1. The molecular weight excluding hydrogens is 234 g/mol. The van der Waals surface area contributed by atoms with Gasteiger partial charge in [0.2, 0.25) is 0 Å². The van der Waals surface area contributed by atoms with Crippen LogP contribution in [0.1, 0.15) is 21.1 Å². The van der Waals surface area contributed by atoms with Gasteiger partial charge in [0.05, 0.1) is 22.8 Å². The van der Waals surface area contributed by atoms with Gasteiger partial charge in [0.15, 0.2) is 0 Å². The maximum Gasteiger partial charge on any atom is 0.253 e. The van der Waals surface area contributed by atoms with E-state index in [2.05, 4.69) is 10.3 Å². The highest BCUT2D eigenvalue weighted by Crippen LogP contribution is 2.11. The summed E-state index contributed by atoms with van der Waals surface area (Å²) >= 11 is 1.57. The molecule has 0 aliphatic carbocycles. The Balaban J connectivity index is 2.01. The molecule has 17 heavy (non-hydrogen) atoms. The van der Waals surface area contributed by atoms with Gasteiger partial charge in [-0.25, -0.2) is 4.98 Å². The van der Waals surface area contributed by atoms with E-state index in [1.165, 1.54) is 0 Å². The van der Waals surface area contributed by atoms with Crippen LogP contribution in [0.25, 0.3) is 0 Å². The molecule has 0 aliphatic heterocycles. The third-order valence-electron chi connectivity index (χ3n) is 2.30. The number of nitrogens with two attached hydrogens (primary N) is 1. The van der Waals surface area contributed by atoms with Crippen molar-refractivity contribution >= 4 is 22.9 Å². The Morgan fingerprint density at radius 3 is 2.88 bits per heavy atom. The molecule has 1 heterocycles. The van der Waals surface area contributed by atoms with E-state index in [1.807, 2.05) is 12.3 Å². The maximum absolute atomic E-state index is 11.8. The fourth-order valence-electron chi connectivity index (χ4n) is 1.46. The summed E-state index contributed by atoms with van der Waals surface area (Å²) in [4.78, 5) is 16.1. The summed E-state index contributed by atoms with van der Waals surface area (Å²) in [5, 5.41) is 5.72. The number of nitrogen functional groups attached to an aromatic ring is 1. The van der Waals surface area contributed by atoms with Crippen molar-refractivity contribution in [3.05, 3.63) is 45.9 Å². The number of hydrogen-bond donors (Lipinski definition) is 2. The lowest BCUT2D eigenvalue weighted by atomic mass is 10.1. The van der Waals surface area contributed by atoms with Gasteiger partial charge in [0.25, 0.3) is 5.91 Å². The van der Waals surface area contributed by atoms with E-state index in [0.717, 1.165) is 10.7 Å². The molecule has 1 amide bonds. The van der Waals surface area contributed by atoms with E-state index in [0.29, 0.717) is 17.8 Å². The van der Waals surface area contributed by atoms with E-state index >= 15 is 0 Å². The van der Waals surface area contributed by atoms with Crippen LogP contribution < -0.4 is 11.1 Å². The average molecular weight is 247 g/mol. The zero-order chi connectivity index (χ0) is 12.3. The van der Waals surface area contributed by atoms with Crippen molar-refractivity contribution in [3.8, 4) is 0 Å². The summed E-state index contributed by atoms with van der Waals surface area (Å²) < 4.78 is 0. The number of rotatable bonds is 3. The largest absolute Gasteiger partial charge is 0.398 e. The van der Waals surface area contributed by atoms with Crippen LogP contribution in [0.4, 0.5) is 5.69 Å². The molecule has 5 heteroatoms. The van der Waals surface area contributed by atoms with Gasteiger partial charge >= 0.3 is 0 Å². The molecule has 0 radical (unpaired) electrons. The van der Waals surface area contributed by atoms with Crippen molar-refractivity contribution in [1.29, 1.82) is 0 Å². The molecular formula is C12H13N3OS. The molecule has 88 valence electrons. The van der Waals surface area contributed by atoms with Gasteiger partial charge in [-0.15, -0.1) is 11.3 Å². The topological polar surface area (TPSA) is 68.0 Å². The fourth-order valence-corrected chi connectivity index (χ4v) is 2.07. The molecule has 1 aromatic carbocycles. The molecule has 4 nitrogen and oxygen atoms in total. The highest BCUT2D eigenvalue weighted by atomic mass is 32.1. The standard InChI is InChI=1S/C12H13N3OS/c1-8-15-9(7-17-8)6-14-12(16)10-4-2-3-5-11(10)13/h2-5,7H,6,13H2,1H3,(H,14,16). The second-order valence-corrected chi connectivity index (χ2v) is 4.69. The van der Waals surface area contributed by atoms with Crippen LogP contribution in [0, 0.1) is 6.92 Å². The molecule has 0 fully saturated rings. The third-order valence-corrected chi connectivity index (χ3v) is 3.12. The first-order valence-electron chi connectivity index (χ1n) is 5.20. The number of nitrogens with zero attached hydrogens (tertiary/aromatic N) is 1. The molecule has 0 atom stereocenters. The van der Waals surface area contributed by atoms with Crippen LogP contribution in [-0.2, 0) is 6.54 Å². The molecule has 2 rings (SSSR count). The lowest BCUT2D eigenvalue weighted by Gasteiger charge is -2.05.